The molecule has 0 spiro atoms. The number of aliphatic hydroxyl groups excluding tert-OH is 1. The van der Waals surface area contributed by atoms with Crippen LogP contribution in [0.15, 0.2) is 4.42 Å². The molecule has 0 radical (unpaired) electrons. The Morgan fingerprint density at radius 2 is 2.24 bits per heavy atom. The van der Waals surface area contributed by atoms with Crippen molar-refractivity contribution in [2.24, 2.45) is 0 Å². The molecule has 116 valence electrons. The first kappa shape index (κ1) is 17.2. The number of aryl methyl sites for hydroxylation is 1. The number of carbonyl (C=O) groups is 1. The Labute approximate surface area is 124 Å². The van der Waals surface area contributed by atoms with Crippen LogP contribution in [0.25, 0.3) is 0 Å². The van der Waals surface area contributed by atoms with Crippen LogP contribution in [0.2, 0.25) is 0 Å². The van der Waals surface area contributed by atoms with Crippen molar-refractivity contribution in [1.82, 2.24) is 4.90 Å². The second-order valence-corrected chi connectivity index (χ2v) is 4.95. The third-order valence-corrected chi connectivity index (χ3v) is 3.05. The fraction of sp³-hybridized carbons (Fsp3) is 0.571. The number of hydrogen-bond acceptors (Lipinski definition) is 6. The van der Waals surface area contributed by atoms with Crippen molar-refractivity contribution in [3.63, 3.8) is 0 Å². The van der Waals surface area contributed by atoms with E-state index in [1.807, 2.05) is 6.07 Å². The van der Waals surface area contributed by atoms with E-state index in [0.717, 1.165) is 5.56 Å². The van der Waals surface area contributed by atoms with Gasteiger partial charge >= 0.3 is 0 Å². The minimum Gasteiger partial charge on any atom is -0.444 e. The van der Waals surface area contributed by atoms with Crippen molar-refractivity contribution in [1.29, 1.82) is 5.26 Å². The van der Waals surface area contributed by atoms with Gasteiger partial charge in [0.05, 0.1) is 19.3 Å². The molecule has 1 amide bonds. The van der Waals surface area contributed by atoms with E-state index in [0.29, 0.717) is 17.9 Å². The molecule has 0 bridgehead atoms. The number of nitrogens with one attached hydrogen (secondary N) is 1. The van der Waals surface area contributed by atoms with E-state index >= 15 is 0 Å². The van der Waals surface area contributed by atoms with Crippen LogP contribution in [-0.4, -0.2) is 55.9 Å². The highest BCUT2D eigenvalue weighted by Gasteiger charge is 2.18. The number of likely N-dealkylation sites (N-methyl/N-ethyl adjacent to an activating group) is 1. The molecule has 1 atom stereocenters. The van der Waals surface area contributed by atoms with Crippen molar-refractivity contribution in [2.45, 2.75) is 20.0 Å². The largest absolute Gasteiger partial charge is 0.444 e. The van der Waals surface area contributed by atoms with E-state index in [1.54, 1.807) is 25.8 Å². The molecule has 0 aromatic carbocycles. The van der Waals surface area contributed by atoms with E-state index in [9.17, 15) is 9.90 Å². The second kappa shape index (κ2) is 7.78. The lowest BCUT2D eigenvalue weighted by Gasteiger charge is -2.19. The predicted molar refractivity (Wildman–Crippen MR) is 76.9 cm³/mol. The van der Waals surface area contributed by atoms with Crippen LogP contribution < -0.4 is 5.32 Å². The summed E-state index contributed by atoms with van der Waals surface area (Å²) >= 11 is 0. The van der Waals surface area contributed by atoms with Crippen molar-refractivity contribution in [2.75, 3.05) is 39.2 Å². The van der Waals surface area contributed by atoms with Gasteiger partial charge in [-0.05, 0) is 20.9 Å². The van der Waals surface area contributed by atoms with Crippen LogP contribution in [0.3, 0.4) is 0 Å². The average molecular weight is 295 g/mol. The second-order valence-electron chi connectivity index (χ2n) is 4.95. The highest BCUT2D eigenvalue weighted by Crippen LogP contribution is 2.25. The Kier molecular flexibility index (Phi) is 6.37. The molecule has 1 unspecified atom stereocenters. The normalized spacial score (nSPS) is 12.2. The van der Waals surface area contributed by atoms with Gasteiger partial charge in [-0.1, -0.05) is 0 Å². The number of ether oxygens (including phenoxy) is 1. The molecule has 0 aliphatic rings. The number of nitriles is 1. The zero-order valence-corrected chi connectivity index (χ0v) is 12.8. The van der Waals surface area contributed by atoms with Gasteiger partial charge in [-0.3, -0.25) is 15.0 Å². The van der Waals surface area contributed by atoms with Crippen molar-refractivity contribution in [3.05, 3.63) is 16.9 Å². The Morgan fingerprint density at radius 3 is 2.81 bits per heavy atom. The zero-order valence-electron chi connectivity index (χ0n) is 12.8. The molecule has 0 aliphatic carbocycles. The van der Waals surface area contributed by atoms with Crippen LogP contribution in [-0.2, 0) is 9.53 Å². The first-order chi connectivity index (χ1) is 9.88. The molecule has 1 aromatic heterocycles. The molecule has 0 fully saturated rings. The fourth-order valence-electron chi connectivity index (χ4n) is 1.93. The number of nitrogens with zero attached hydrogens (tertiary/aromatic N) is 2. The van der Waals surface area contributed by atoms with Crippen molar-refractivity contribution >= 4 is 11.8 Å². The summed E-state index contributed by atoms with van der Waals surface area (Å²) in [4.78, 5) is 13.6. The smallest absolute Gasteiger partial charge is 0.240 e. The summed E-state index contributed by atoms with van der Waals surface area (Å²) < 4.78 is 10.2. The first-order valence-corrected chi connectivity index (χ1v) is 6.54. The summed E-state index contributed by atoms with van der Waals surface area (Å²) in [5, 5.41) is 21.2. The highest BCUT2D eigenvalue weighted by molar-refractivity contribution is 5.92. The summed E-state index contributed by atoms with van der Waals surface area (Å²) in [6.07, 6.45) is -0.657. The summed E-state index contributed by atoms with van der Waals surface area (Å²) in [5.74, 6) is 0.460. The zero-order chi connectivity index (χ0) is 16.0. The SMILES string of the molecule is COCC(O)CN(C)CC(=O)Nc1oc(C)c(C)c1C#N. The average Bonchev–Trinajstić information content (AvgIpc) is 2.63. The van der Waals surface area contributed by atoms with Crippen molar-refractivity contribution < 1.29 is 19.1 Å². The summed E-state index contributed by atoms with van der Waals surface area (Å²) in [5.41, 5.74) is 1.06. The minimum absolute atomic E-state index is 0.0738. The van der Waals surface area contributed by atoms with Gasteiger partial charge in [0.25, 0.3) is 0 Å². The Hall–Kier alpha value is -1.88. The van der Waals surface area contributed by atoms with E-state index in [4.69, 9.17) is 14.4 Å². The number of anilines is 1. The molecule has 0 saturated heterocycles. The van der Waals surface area contributed by atoms with E-state index in [1.165, 1.54) is 7.11 Å². The van der Waals surface area contributed by atoms with Gasteiger partial charge in [0.2, 0.25) is 11.8 Å². The maximum atomic E-state index is 11.9. The van der Waals surface area contributed by atoms with Gasteiger partial charge in [-0.15, -0.1) is 0 Å². The molecule has 1 rings (SSSR count). The monoisotopic (exact) mass is 295 g/mol. The standard InChI is InChI=1S/C14H21N3O4/c1-9-10(2)21-14(12(9)5-15)16-13(19)7-17(3)6-11(18)8-20-4/h11,18H,6-8H2,1-4H3,(H,16,19). The van der Waals surface area contributed by atoms with E-state index in [-0.39, 0.29) is 24.9 Å². The van der Waals surface area contributed by atoms with Gasteiger partial charge in [-0.2, -0.15) is 5.26 Å². The summed E-state index contributed by atoms with van der Waals surface area (Å²) in [6, 6.07) is 2.01. The van der Waals surface area contributed by atoms with Gasteiger partial charge in [0.1, 0.15) is 17.4 Å². The molecule has 7 heteroatoms. The molecular weight excluding hydrogens is 274 g/mol. The van der Waals surface area contributed by atoms with Gasteiger partial charge in [0.15, 0.2) is 0 Å². The number of rotatable bonds is 7. The Balaban J connectivity index is 2.58. The molecule has 7 nitrogen and oxygen atoms in total. The van der Waals surface area contributed by atoms with Gasteiger partial charge in [0, 0.05) is 19.2 Å². The topological polar surface area (TPSA) is 98.7 Å². The number of furan rings is 1. The lowest BCUT2D eigenvalue weighted by Crippen LogP contribution is -2.37. The molecule has 0 saturated carbocycles. The van der Waals surface area contributed by atoms with Crippen LogP contribution in [0.5, 0.6) is 0 Å². The van der Waals surface area contributed by atoms with E-state index < -0.39 is 6.10 Å². The third kappa shape index (κ3) is 4.86. The first-order valence-electron chi connectivity index (χ1n) is 6.54. The molecule has 2 N–H and O–H groups in total. The fourth-order valence-corrected chi connectivity index (χ4v) is 1.93. The highest BCUT2D eigenvalue weighted by atomic mass is 16.5. The Bertz CT molecular complexity index is 533. The minimum atomic E-state index is -0.657. The van der Waals surface area contributed by atoms with Crippen LogP contribution >= 0.6 is 0 Å². The van der Waals surface area contributed by atoms with Crippen LogP contribution in [0, 0.1) is 25.2 Å². The van der Waals surface area contributed by atoms with Crippen molar-refractivity contribution in [3.8, 4) is 6.07 Å². The number of carbonyl (C=O) groups excluding carboxylic acids is 1. The van der Waals surface area contributed by atoms with E-state index in [2.05, 4.69) is 5.32 Å². The molecule has 1 aromatic rings. The lowest BCUT2D eigenvalue weighted by atomic mass is 10.2. The quantitative estimate of drug-likeness (QED) is 0.766. The summed E-state index contributed by atoms with van der Waals surface area (Å²) in [7, 11) is 3.21. The molecular formula is C14H21N3O4. The van der Waals surface area contributed by atoms with Crippen LogP contribution in [0.4, 0.5) is 5.88 Å². The predicted octanol–water partition coefficient (Wildman–Crippen LogP) is 0.646. The number of aliphatic hydroxyl groups is 1. The lowest BCUT2D eigenvalue weighted by molar-refractivity contribution is -0.117. The third-order valence-electron chi connectivity index (χ3n) is 3.05. The number of methoxy groups -OCH3 is 1. The Morgan fingerprint density at radius 1 is 1.57 bits per heavy atom. The maximum absolute atomic E-state index is 11.9. The van der Waals surface area contributed by atoms with Gasteiger partial charge in [-0.25, -0.2) is 0 Å². The summed E-state index contributed by atoms with van der Waals surface area (Å²) in [6.45, 7) is 4.09. The molecule has 1 heterocycles. The molecule has 21 heavy (non-hydrogen) atoms. The molecule has 0 aliphatic heterocycles. The number of amides is 1. The number of hydrogen-bond donors (Lipinski definition) is 2. The van der Waals surface area contributed by atoms with Crippen LogP contribution in [0.1, 0.15) is 16.9 Å². The maximum Gasteiger partial charge on any atom is 0.240 e. The van der Waals surface area contributed by atoms with Gasteiger partial charge < -0.3 is 14.3 Å².